The zero-order chi connectivity index (χ0) is 11.4. The molecule has 0 fully saturated rings. The summed E-state index contributed by atoms with van der Waals surface area (Å²) in [7, 11) is 2.08. The van der Waals surface area contributed by atoms with Gasteiger partial charge in [0.05, 0.1) is 0 Å². The lowest BCUT2D eigenvalue weighted by atomic mass is 10.1. The van der Waals surface area contributed by atoms with Gasteiger partial charge in [-0.1, -0.05) is 13.8 Å². The molecule has 0 atom stereocenters. The van der Waals surface area contributed by atoms with Crippen LogP contribution in [0.2, 0.25) is 0 Å². The number of hydrogen-bond donors (Lipinski definition) is 0. The van der Waals surface area contributed by atoms with Crippen molar-refractivity contribution in [1.29, 1.82) is 0 Å². The van der Waals surface area contributed by atoms with E-state index in [1.807, 2.05) is 32.0 Å². The molecule has 82 valence electrons. The normalized spacial score (nSPS) is 12.9. The average Bonchev–Trinajstić information content (AvgIpc) is 2.63. The van der Waals surface area contributed by atoms with Gasteiger partial charge in [0, 0.05) is 24.8 Å². The van der Waals surface area contributed by atoms with E-state index in [1.54, 1.807) is 6.92 Å². The van der Waals surface area contributed by atoms with Crippen molar-refractivity contribution < 1.29 is 4.79 Å². The number of benzene rings is 1. The minimum absolute atomic E-state index is 0.150. The molecule has 2 heteroatoms. The summed E-state index contributed by atoms with van der Waals surface area (Å²) in [5.74, 6) is 0.150. The maximum atomic E-state index is 11.1. The molecule has 0 unspecified atom stereocenters. The lowest BCUT2D eigenvalue weighted by molar-refractivity contribution is 0.101. The first-order valence-corrected chi connectivity index (χ1v) is 5.53. The van der Waals surface area contributed by atoms with E-state index in [0.29, 0.717) is 0 Å². The molecule has 15 heavy (non-hydrogen) atoms. The van der Waals surface area contributed by atoms with Gasteiger partial charge in [-0.05, 0) is 37.1 Å². The number of nitrogens with zero attached hydrogens (tertiary/aromatic N) is 1. The monoisotopic (exact) mass is 205 g/mol. The van der Waals surface area contributed by atoms with Crippen molar-refractivity contribution in [2.24, 2.45) is 0 Å². The summed E-state index contributed by atoms with van der Waals surface area (Å²) in [6, 6.07) is 5.96. The first-order valence-electron chi connectivity index (χ1n) is 5.53. The Morgan fingerprint density at radius 1 is 1.33 bits per heavy atom. The summed E-state index contributed by atoms with van der Waals surface area (Å²) in [5.41, 5.74) is 3.40. The number of rotatable bonds is 1. The van der Waals surface area contributed by atoms with E-state index in [4.69, 9.17) is 0 Å². The Bertz CT molecular complexity index is 358. The number of carbonyl (C=O) groups excluding carboxylic acids is 1. The maximum absolute atomic E-state index is 11.1. The third-order valence-corrected chi connectivity index (χ3v) is 2.61. The Labute approximate surface area is 91.9 Å². The summed E-state index contributed by atoms with van der Waals surface area (Å²) in [6.07, 6.45) is 1.06. The van der Waals surface area contributed by atoms with Crippen molar-refractivity contribution in [3.63, 3.8) is 0 Å². The Hall–Kier alpha value is -1.31. The summed E-state index contributed by atoms with van der Waals surface area (Å²) in [5, 5.41) is 0. The molecule has 0 aromatic heterocycles. The fourth-order valence-corrected chi connectivity index (χ4v) is 1.79. The van der Waals surface area contributed by atoms with Crippen LogP contribution in [0, 0.1) is 0 Å². The van der Waals surface area contributed by atoms with E-state index >= 15 is 0 Å². The van der Waals surface area contributed by atoms with Crippen LogP contribution in [0.3, 0.4) is 0 Å². The SMILES string of the molecule is CC.CC(=O)c1ccc2c(c1)CCN2C. The number of anilines is 1. The van der Waals surface area contributed by atoms with Gasteiger partial charge in [0.25, 0.3) is 0 Å². The highest BCUT2D eigenvalue weighted by molar-refractivity contribution is 5.94. The Kier molecular flexibility index (Phi) is 3.89. The average molecular weight is 205 g/mol. The van der Waals surface area contributed by atoms with Crippen molar-refractivity contribution in [3.05, 3.63) is 29.3 Å². The van der Waals surface area contributed by atoms with Crippen molar-refractivity contribution in [1.82, 2.24) is 0 Å². The molecular weight excluding hydrogens is 186 g/mol. The molecule has 1 aromatic rings. The lowest BCUT2D eigenvalue weighted by Crippen LogP contribution is -2.12. The standard InChI is InChI=1S/C11H13NO.C2H6/c1-8(13)9-3-4-11-10(7-9)5-6-12(11)2;1-2/h3-4,7H,5-6H2,1-2H3;1-2H3. The molecule has 0 saturated heterocycles. The van der Waals surface area contributed by atoms with Gasteiger partial charge in [0.2, 0.25) is 0 Å². The van der Waals surface area contributed by atoms with Crippen molar-refractivity contribution in [2.75, 3.05) is 18.5 Å². The first-order chi connectivity index (χ1) is 7.18. The molecule has 1 aromatic carbocycles. The van der Waals surface area contributed by atoms with Gasteiger partial charge in [0.15, 0.2) is 5.78 Å². The number of fused-ring (bicyclic) bond motifs is 1. The van der Waals surface area contributed by atoms with Crippen LogP contribution in [0.15, 0.2) is 18.2 Å². The van der Waals surface area contributed by atoms with Crippen LogP contribution in [0.25, 0.3) is 0 Å². The van der Waals surface area contributed by atoms with Crippen molar-refractivity contribution in [3.8, 4) is 0 Å². The molecule has 0 saturated carbocycles. The van der Waals surface area contributed by atoms with E-state index in [1.165, 1.54) is 11.3 Å². The van der Waals surface area contributed by atoms with Crippen LogP contribution >= 0.6 is 0 Å². The highest BCUT2D eigenvalue weighted by Crippen LogP contribution is 2.27. The van der Waals surface area contributed by atoms with E-state index in [2.05, 4.69) is 11.9 Å². The van der Waals surface area contributed by atoms with Gasteiger partial charge in [-0.2, -0.15) is 0 Å². The van der Waals surface area contributed by atoms with Gasteiger partial charge in [-0.15, -0.1) is 0 Å². The number of ketones is 1. The molecule has 0 N–H and O–H groups in total. The summed E-state index contributed by atoms with van der Waals surface area (Å²) < 4.78 is 0. The highest BCUT2D eigenvalue weighted by atomic mass is 16.1. The van der Waals surface area contributed by atoms with E-state index in [-0.39, 0.29) is 5.78 Å². The topological polar surface area (TPSA) is 20.3 Å². The zero-order valence-electron chi connectivity index (χ0n) is 10.0. The number of hydrogen-bond acceptors (Lipinski definition) is 2. The predicted molar refractivity (Wildman–Crippen MR) is 64.8 cm³/mol. The number of likely N-dealkylation sites (N-methyl/N-ethyl adjacent to an activating group) is 1. The molecule has 1 heterocycles. The molecule has 0 bridgehead atoms. The summed E-state index contributed by atoms with van der Waals surface area (Å²) >= 11 is 0. The van der Waals surface area contributed by atoms with Crippen molar-refractivity contribution in [2.45, 2.75) is 27.2 Å². The number of Topliss-reactive ketones (excluding diaryl/α,β-unsaturated/α-hetero) is 1. The van der Waals surface area contributed by atoms with Crippen LogP contribution in [0.4, 0.5) is 5.69 Å². The molecule has 1 aliphatic rings. The molecule has 0 spiro atoms. The van der Waals surface area contributed by atoms with Gasteiger partial charge in [-0.25, -0.2) is 0 Å². The highest BCUT2D eigenvalue weighted by Gasteiger charge is 2.15. The second kappa shape index (κ2) is 4.96. The minimum atomic E-state index is 0.150. The quantitative estimate of drug-likeness (QED) is 0.657. The van der Waals surface area contributed by atoms with Gasteiger partial charge in [-0.3, -0.25) is 4.79 Å². The third-order valence-electron chi connectivity index (χ3n) is 2.61. The fourth-order valence-electron chi connectivity index (χ4n) is 1.79. The molecule has 2 nitrogen and oxygen atoms in total. The Morgan fingerprint density at radius 3 is 2.60 bits per heavy atom. The van der Waals surface area contributed by atoms with Crippen LogP contribution < -0.4 is 4.90 Å². The fraction of sp³-hybridized carbons (Fsp3) is 0.462. The second-order valence-electron chi connectivity index (χ2n) is 3.57. The summed E-state index contributed by atoms with van der Waals surface area (Å²) in [4.78, 5) is 13.3. The van der Waals surface area contributed by atoms with Crippen LogP contribution in [-0.4, -0.2) is 19.4 Å². The minimum Gasteiger partial charge on any atom is -0.374 e. The van der Waals surface area contributed by atoms with E-state index in [9.17, 15) is 4.79 Å². The van der Waals surface area contributed by atoms with Crippen molar-refractivity contribution >= 4 is 11.5 Å². The number of carbonyl (C=O) groups is 1. The molecule has 0 aliphatic carbocycles. The van der Waals surface area contributed by atoms with Gasteiger partial charge in [0.1, 0.15) is 0 Å². The largest absolute Gasteiger partial charge is 0.374 e. The first kappa shape index (κ1) is 11.8. The Morgan fingerprint density at radius 2 is 2.00 bits per heavy atom. The lowest BCUT2D eigenvalue weighted by Gasteiger charge is -2.11. The zero-order valence-corrected chi connectivity index (χ0v) is 10.0. The molecule has 0 radical (unpaired) electrons. The van der Waals surface area contributed by atoms with E-state index < -0.39 is 0 Å². The predicted octanol–water partition coefficient (Wildman–Crippen LogP) is 2.91. The maximum Gasteiger partial charge on any atom is 0.159 e. The Balaban J connectivity index is 0.000000531. The molecule has 2 rings (SSSR count). The third kappa shape index (κ3) is 2.38. The van der Waals surface area contributed by atoms with Gasteiger partial charge >= 0.3 is 0 Å². The molecule has 0 amide bonds. The molecular formula is C13H19NO. The van der Waals surface area contributed by atoms with Crippen LogP contribution in [0.5, 0.6) is 0 Å². The van der Waals surface area contributed by atoms with Crippen LogP contribution in [0.1, 0.15) is 36.7 Å². The molecule has 1 aliphatic heterocycles. The van der Waals surface area contributed by atoms with E-state index in [0.717, 1.165) is 18.5 Å². The smallest absolute Gasteiger partial charge is 0.159 e. The van der Waals surface area contributed by atoms with Gasteiger partial charge < -0.3 is 4.90 Å². The second-order valence-corrected chi connectivity index (χ2v) is 3.57. The summed E-state index contributed by atoms with van der Waals surface area (Å²) in [6.45, 7) is 6.68. The van der Waals surface area contributed by atoms with Crippen LogP contribution in [-0.2, 0) is 6.42 Å².